The third-order valence-corrected chi connectivity index (χ3v) is 2.38. The number of ether oxygens (including phenoxy) is 4. The number of carbonyl (C=O) groups is 1. The molecule has 0 aliphatic carbocycles. The van der Waals surface area contributed by atoms with E-state index in [-0.39, 0.29) is 6.61 Å². The Hall–Kier alpha value is -2.44. The molecule has 0 radical (unpaired) electrons. The van der Waals surface area contributed by atoms with Crippen molar-refractivity contribution in [3.05, 3.63) is 17.7 Å². The van der Waals surface area contributed by atoms with Gasteiger partial charge in [-0.3, -0.25) is 0 Å². The van der Waals surface area contributed by atoms with Crippen LogP contribution >= 0.6 is 0 Å². The molecule has 1 N–H and O–H groups in total. The molecule has 0 aliphatic heterocycles. The Morgan fingerprint density at radius 1 is 1.20 bits per heavy atom. The zero-order valence-electron chi connectivity index (χ0n) is 11.9. The maximum atomic E-state index is 11.1. The Morgan fingerprint density at radius 3 is 2.25 bits per heavy atom. The number of hydrogen-bond donors (Lipinski definition) is 1. The molecule has 0 spiro atoms. The zero-order chi connectivity index (χ0) is 15.0. The van der Waals surface area contributed by atoms with Gasteiger partial charge >= 0.3 is 6.09 Å². The van der Waals surface area contributed by atoms with Crippen LogP contribution in [0.2, 0.25) is 0 Å². The van der Waals surface area contributed by atoms with Gasteiger partial charge in [0.15, 0.2) is 0 Å². The van der Waals surface area contributed by atoms with Crippen LogP contribution in [0.15, 0.2) is 17.2 Å². The molecule has 1 aromatic carbocycles. The molecule has 0 fully saturated rings. The predicted octanol–water partition coefficient (Wildman–Crippen LogP) is 1.79. The lowest BCUT2D eigenvalue weighted by Crippen LogP contribution is -2.18. The summed E-state index contributed by atoms with van der Waals surface area (Å²) in [7, 11) is 4.58. The van der Waals surface area contributed by atoms with E-state index in [1.54, 1.807) is 26.2 Å². The van der Waals surface area contributed by atoms with E-state index < -0.39 is 6.09 Å². The highest BCUT2D eigenvalue weighted by atomic mass is 16.5. The van der Waals surface area contributed by atoms with Crippen LogP contribution in [0, 0.1) is 0 Å². The molecule has 1 aromatic rings. The van der Waals surface area contributed by atoms with Gasteiger partial charge in [-0.25, -0.2) is 10.2 Å². The molecule has 0 saturated heterocycles. The van der Waals surface area contributed by atoms with Crippen LogP contribution < -0.4 is 19.6 Å². The van der Waals surface area contributed by atoms with Gasteiger partial charge < -0.3 is 18.9 Å². The van der Waals surface area contributed by atoms with Crippen LogP contribution in [0.1, 0.15) is 12.5 Å². The third-order valence-electron chi connectivity index (χ3n) is 2.38. The Balaban J connectivity index is 2.97. The number of nitrogens with one attached hydrogen (secondary N) is 1. The first-order chi connectivity index (χ1) is 9.65. The van der Waals surface area contributed by atoms with Crippen LogP contribution in [-0.2, 0) is 4.74 Å². The van der Waals surface area contributed by atoms with Crippen molar-refractivity contribution < 1.29 is 23.7 Å². The fraction of sp³-hybridized carbons (Fsp3) is 0.385. The Bertz CT molecular complexity index is 463. The number of nitrogens with zero attached hydrogens (tertiary/aromatic N) is 1. The highest BCUT2D eigenvalue weighted by Crippen LogP contribution is 2.32. The van der Waals surface area contributed by atoms with E-state index in [0.29, 0.717) is 22.8 Å². The fourth-order valence-corrected chi connectivity index (χ4v) is 1.47. The third kappa shape index (κ3) is 4.04. The minimum atomic E-state index is -0.629. The van der Waals surface area contributed by atoms with Crippen molar-refractivity contribution in [2.45, 2.75) is 6.92 Å². The van der Waals surface area contributed by atoms with Crippen molar-refractivity contribution in [2.75, 3.05) is 27.9 Å². The average Bonchev–Trinajstić information content (AvgIpc) is 2.47. The summed E-state index contributed by atoms with van der Waals surface area (Å²) in [5.41, 5.74) is 2.81. The van der Waals surface area contributed by atoms with Gasteiger partial charge in [-0.05, 0) is 6.92 Å². The van der Waals surface area contributed by atoms with E-state index in [9.17, 15) is 4.79 Å². The minimum Gasteiger partial charge on any atom is -0.496 e. The summed E-state index contributed by atoms with van der Waals surface area (Å²) in [6.07, 6.45) is 0.781. The second-order valence-corrected chi connectivity index (χ2v) is 3.54. The molecule has 0 unspecified atom stereocenters. The smallest absolute Gasteiger partial charge is 0.427 e. The van der Waals surface area contributed by atoms with Crippen molar-refractivity contribution in [1.29, 1.82) is 0 Å². The Morgan fingerprint density at radius 2 is 1.80 bits per heavy atom. The number of rotatable bonds is 6. The SMILES string of the molecule is CCOC(=O)NN=Cc1c(OC)cc(OC)cc1OC. The molecular formula is C13H18N2O5. The molecule has 0 saturated carbocycles. The van der Waals surface area contributed by atoms with Gasteiger partial charge in [0.1, 0.15) is 17.2 Å². The highest BCUT2D eigenvalue weighted by Gasteiger charge is 2.11. The van der Waals surface area contributed by atoms with Gasteiger partial charge in [0, 0.05) is 12.1 Å². The van der Waals surface area contributed by atoms with Crippen molar-refractivity contribution in [1.82, 2.24) is 5.43 Å². The van der Waals surface area contributed by atoms with E-state index in [0.717, 1.165) is 0 Å². The topological polar surface area (TPSA) is 78.4 Å². The molecule has 0 aromatic heterocycles. The molecule has 0 aliphatic rings. The maximum Gasteiger partial charge on any atom is 0.427 e. The van der Waals surface area contributed by atoms with Gasteiger partial charge in [0.2, 0.25) is 0 Å². The monoisotopic (exact) mass is 282 g/mol. The molecule has 0 atom stereocenters. The molecule has 7 nitrogen and oxygen atoms in total. The average molecular weight is 282 g/mol. The number of hydrogen-bond acceptors (Lipinski definition) is 6. The molecule has 20 heavy (non-hydrogen) atoms. The second-order valence-electron chi connectivity index (χ2n) is 3.54. The second kappa shape index (κ2) is 7.88. The summed E-state index contributed by atoms with van der Waals surface area (Å²) in [6.45, 7) is 1.98. The van der Waals surface area contributed by atoms with E-state index in [4.69, 9.17) is 14.2 Å². The molecule has 0 heterocycles. The zero-order valence-corrected chi connectivity index (χ0v) is 11.9. The molecular weight excluding hydrogens is 264 g/mol. The lowest BCUT2D eigenvalue weighted by molar-refractivity contribution is 0.152. The van der Waals surface area contributed by atoms with E-state index in [1.165, 1.54) is 20.4 Å². The number of amides is 1. The van der Waals surface area contributed by atoms with E-state index in [1.807, 2.05) is 0 Å². The number of hydrazone groups is 1. The van der Waals surface area contributed by atoms with Crippen LogP contribution in [0.5, 0.6) is 17.2 Å². The van der Waals surface area contributed by atoms with E-state index in [2.05, 4.69) is 15.3 Å². The standard InChI is InChI=1S/C13H18N2O5/c1-5-20-13(16)15-14-8-10-11(18-3)6-9(17-2)7-12(10)19-4/h6-8H,5H2,1-4H3,(H,15,16). The van der Waals surface area contributed by atoms with Crippen molar-refractivity contribution >= 4 is 12.3 Å². The maximum absolute atomic E-state index is 11.1. The lowest BCUT2D eigenvalue weighted by Gasteiger charge is -2.12. The number of benzene rings is 1. The predicted molar refractivity (Wildman–Crippen MR) is 73.8 cm³/mol. The molecule has 1 amide bonds. The van der Waals surface area contributed by atoms with Gasteiger partial charge in [-0.1, -0.05) is 0 Å². The summed E-state index contributed by atoms with van der Waals surface area (Å²) in [6, 6.07) is 3.38. The summed E-state index contributed by atoms with van der Waals surface area (Å²) in [4.78, 5) is 11.1. The first kappa shape index (κ1) is 15.6. The number of carbonyl (C=O) groups excluding carboxylic acids is 1. The van der Waals surface area contributed by atoms with Gasteiger partial charge in [0.05, 0.1) is 39.7 Å². The summed E-state index contributed by atoms with van der Waals surface area (Å²) in [5.74, 6) is 1.61. The van der Waals surface area contributed by atoms with E-state index >= 15 is 0 Å². The van der Waals surface area contributed by atoms with Crippen molar-refractivity contribution in [2.24, 2.45) is 5.10 Å². The van der Waals surface area contributed by atoms with Gasteiger partial charge in [0.25, 0.3) is 0 Å². The van der Waals surface area contributed by atoms with Crippen LogP contribution in [0.4, 0.5) is 4.79 Å². The highest BCUT2D eigenvalue weighted by molar-refractivity contribution is 5.88. The molecule has 110 valence electrons. The quantitative estimate of drug-likeness (QED) is 0.635. The largest absolute Gasteiger partial charge is 0.496 e. The van der Waals surface area contributed by atoms with Crippen LogP contribution in [0.3, 0.4) is 0 Å². The molecule has 0 bridgehead atoms. The minimum absolute atomic E-state index is 0.274. The van der Waals surface area contributed by atoms with Gasteiger partial charge in [-0.15, -0.1) is 0 Å². The molecule has 7 heteroatoms. The van der Waals surface area contributed by atoms with Crippen molar-refractivity contribution in [3.63, 3.8) is 0 Å². The first-order valence-corrected chi connectivity index (χ1v) is 5.92. The fourth-order valence-electron chi connectivity index (χ4n) is 1.47. The Kier molecular flexibility index (Phi) is 6.15. The molecule has 1 rings (SSSR count). The normalized spacial score (nSPS) is 10.2. The first-order valence-electron chi connectivity index (χ1n) is 5.92. The summed E-state index contributed by atoms with van der Waals surface area (Å²) >= 11 is 0. The summed E-state index contributed by atoms with van der Waals surface area (Å²) in [5, 5.41) is 3.78. The summed E-state index contributed by atoms with van der Waals surface area (Å²) < 4.78 is 20.3. The lowest BCUT2D eigenvalue weighted by atomic mass is 10.2. The number of methoxy groups -OCH3 is 3. The van der Waals surface area contributed by atoms with Crippen molar-refractivity contribution in [3.8, 4) is 17.2 Å². The van der Waals surface area contributed by atoms with Gasteiger partial charge in [-0.2, -0.15) is 5.10 Å². The van der Waals surface area contributed by atoms with Crippen LogP contribution in [0.25, 0.3) is 0 Å². The Labute approximate surface area is 117 Å². The van der Waals surface area contributed by atoms with Crippen LogP contribution in [-0.4, -0.2) is 40.2 Å².